The van der Waals surface area contributed by atoms with E-state index in [-0.39, 0.29) is 0 Å². The normalized spacial score (nSPS) is 10.8. The number of nitrogens with zero attached hydrogens (tertiary/aromatic N) is 3. The summed E-state index contributed by atoms with van der Waals surface area (Å²) in [7, 11) is 0. The van der Waals surface area contributed by atoms with Crippen molar-refractivity contribution in [3.8, 4) is 11.4 Å². The van der Waals surface area contributed by atoms with Gasteiger partial charge in [-0.05, 0) is 11.3 Å². The van der Waals surface area contributed by atoms with Crippen molar-refractivity contribution in [2.24, 2.45) is 5.73 Å². The molecule has 0 radical (unpaired) electrons. The molecular formula is C10H7N5OS. The highest BCUT2D eigenvalue weighted by Gasteiger charge is 2.20. The van der Waals surface area contributed by atoms with E-state index in [9.17, 15) is 4.79 Å². The number of rotatable bonds is 2. The molecule has 1 amide bonds. The highest BCUT2D eigenvalue weighted by atomic mass is 32.1. The number of nitrogens with one attached hydrogen (secondary N) is 1. The minimum atomic E-state index is -0.481. The van der Waals surface area contributed by atoms with Gasteiger partial charge in [0.05, 0.1) is 5.56 Å². The maximum absolute atomic E-state index is 11.4. The summed E-state index contributed by atoms with van der Waals surface area (Å²) >= 11 is 1.33. The minimum Gasteiger partial charge on any atom is -0.365 e. The molecular weight excluding hydrogens is 238 g/mol. The van der Waals surface area contributed by atoms with Gasteiger partial charge in [-0.2, -0.15) is 5.21 Å². The number of hydrogen-bond acceptors (Lipinski definition) is 5. The molecule has 0 fully saturated rings. The van der Waals surface area contributed by atoms with Crippen molar-refractivity contribution < 1.29 is 4.79 Å². The quantitative estimate of drug-likeness (QED) is 0.708. The molecule has 6 nitrogen and oxygen atoms in total. The molecule has 0 saturated carbocycles. The number of thiophene rings is 1. The fraction of sp³-hybridized carbons (Fsp3) is 0. The van der Waals surface area contributed by atoms with Crippen molar-refractivity contribution in [1.82, 2.24) is 20.6 Å². The van der Waals surface area contributed by atoms with E-state index in [4.69, 9.17) is 5.73 Å². The maximum Gasteiger partial charge on any atom is 0.259 e. The Hall–Kier alpha value is -2.28. The number of fused-ring (bicyclic) bond motifs is 1. The topological polar surface area (TPSA) is 97.5 Å². The van der Waals surface area contributed by atoms with Gasteiger partial charge >= 0.3 is 0 Å². The van der Waals surface area contributed by atoms with Crippen LogP contribution in [0.25, 0.3) is 21.5 Å². The molecule has 17 heavy (non-hydrogen) atoms. The van der Waals surface area contributed by atoms with Gasteiger partial charge in [0.1, 0.15) is 4.88 Å². The molecule has 2 heterocycles. The Morgan fingerprint density at radius 3 is 2.88 bits per heavy atom. The molecule has 2 aromatic heterocycles. The third-order valence-corrected chi connectivity index (χ3v) is 3.57. The van der Waals surface area contributed by atoms with Gasteiger partial charge in [0.15, 0.2) is 0 Å². The first kappa shape index (κ1) is 9.91. The Morgan fingerprint density at radius 1 is 1.35 bits per heavy atom. The first-order valence-corrected chi connectivity index (χ1v) is 5.64. The molecule has 0 aliphatic rings. The van der Waals surface area contributed by atoms with Crippen LogP contribution in [0.5, 0.6) is 0 Å². The van der Waals surface area contributed by atoms with Crippen molar-refractivity contribution in [2.45, 2.75) is 0 Å². The van der Waals surface area contributed by atoms with E-state index >= 15 is 0 Å². The zero-order valence-electron chi connectivity index (χ0n) is 8.54. The van der Waals surface area contributed by atoms with E-state index in [0.29, 0.717) is 16.3 Å². The van der Waals surface area contributed by atoms with Crippen LogP contribution in [-0.4, -0.2) is 26.5 Å². The van der Waals surface area contributed by atoms with Crippen LogP contribution >= 0.6 is 11.3 Å². The zero-order valence-corrected chi connectivity index (χ0v) is 9.36. The number of carbonyl (C=O) groups is 1. The summed E-state index contributed by atoms with van der Waals surface area (Å²) in [6, 6.07) is 7.63. The van der Waals surface area contributed by atoms with E-state index in [1.54, 1.807) is 0 Å². The predicted octanol–water partition coefficient (Wildman–Crippen LogP) is 1.18. The number of tetrazole rings is 1. The summed E-state index contributed by atoms with van der Waals surface area (Å²) < 4.78 is 0.973. The van der Waals surface area contributed by atoms with Gasteiger partial charge in [-0.1, -0.05) is 18.2 Å². The van der Waals surface area contributed by atoms with E-state index in [2.05, 4.69) is 20.6 Å². The van der Waals surface area contributed by atoms with Crippen molar-refractivity contribution in [3.63, 3.8) is 0 Å². The van der Waals surface area contributed by atoms with Crippen LogP contribution in [0.2, 0.25) is 0 Å². The lowest BCUT2D eigenvalue weighted by Crippen LogP contribution is -2.10. The molecule has 0 saturated heterocycles. The van der Waals surface area contributed by atoms with Crippen LogP contribution in [0.15, 0.2) is 24.3 Å². The number of H-pyrrole nitrogens is 1. The number of aromatic nitrogens is 4. The molecule has 0 bridgehead atoms. The van der Waals surface area contributed by atoms with Gasteiger partial charge in [-0.15, -0.1) is 21.5 Å². The second kappa shape index (κ2) is 3.63. The van der Waals surface area contributed by atoms with E-state index in [0.717, 1.165) is 10.1 Å². The smallest absolute Gasteiger partial charge is 0.259 e. The largest absolute Gasteiger partial charge is 0.365 e. The van der Waals surface area contributed by atoms with Crippen molar-refractivity contribution >= 4 is 27.3 Å². The number of carbonyl (C=O) groups excluding carboxylic acids is 1. The summed E-state index contributed by atoms with van der Waals surface area (Å²) in [5, 5.41) is 14.6. The van der Waals surface area contributed by atoms with Gasteiger partial charge < -0.3 is 5.73 Å². The van der Waals surface area contributed by atoms with Gasteiger partial charge in [-0.3, -0.25) is 4.79 Å². The van der Waals surface area contributed by atoms with Crippen molar-refractivity contribution in [2.75, 3.05) is 0 Å². The monoisotopic (exact) mass is 245 g/mol. The van der Waals surface area contributed by atoms with Gasteiger partial charge in [0, 0.05) is 10.1 Å². The first-order chi connectivity index (χ1) is 8.27. The zero-order chi connectivity index (χ0) is 11.8. The Balaban J connectivity index is 2.40. The predicted molar refractivity (Wildman–Crippen MR) is 63.5 cm³/mol. The Morgan fingerprint density at radius 2 is 2.18 bits per heavy atom. The van der Waals surface area contributed by atoms with E-state index in [1.807, 2.05) is 24.3 Å². The summed E-state index contributed by atoms with van der Waals surface area (Å²) in [5.74, 6) is -0.0951. The molecule has 1 aromatic carbocycles. The maximum atomic E-state index is 11.4. The molecule has 3 aromatic rings. The Labute approximate surface area is 99.5 Å². The molecule has 3 N–H and O–H groups in total. The first-order valence-electron chi connectivity index (χ1n) is 4.82. The minimum absolute atomic E-state index is 0.385. The fourth-order valence-electron chi connectivity index (χ4n) is 1.71. The number of aromatic amines is 1. The number of hydrogen-bond donors (Lipinski definition) is 2. The number of nitrogens with two attached hydrogens (primary N) is 1. The van der Waals surface area contributed by atoms with Gasteiger partial charge in [-0.25, -0.2) is 0 Å². The van der Waals surface area contributed by atoms with Crippen molar-refractivity contribution in [3.05, 3.63) is 29.1 Å². The third kappa shape index (κ3) is 1.48. The summed E-state index contributed by atoms with van der Waals surface area (Å²) in [6.07, 6.45) is 0. The van der Waals surface area contributed by atoms with Gasteiger partial charge in [0.25, 0.3) is 5.91 Å². The molecule has 0 spiro atoms. The molecule has 3 rings (SSSR count). The van der Waals surface area contributed by atoms with E-state index in [1.165, 1.54) is 11.3 Å². The van der Waals surface area contributed by atoms with Crippen LogP contribution in [0, 0.1) is 0 Å². The van der Waals surface area contributed by atoms with E-state index < -0.39 is 5.91 Å². The van der Waals surface area contributed by atoms with Crippen molar-refractivity contribution in [1.29, 1.82) is 0 Å². The van der Waals surface area contributed by atoms with Crippen LogP contribution < -0.4 is 5.73 Å². The fourth-order valence-corrected chi connectivity index (χ4v) is 2.76. The van der Waals surface area contributed by atoms with Crippen LogP contribution in [0.1, 0.15) is 9.67 Å². The molecule has 0 aliphatic heterocycles. The van der Waals surface area contributed by atoms with Crippen LogP contribution in [0.3, 0.4) is 0 Å². The number of amides is 1. The molecule has 7 heteroatoms. The highest BCUT2D eigenvalue weighted by Crippen LogP contribution is 2.36. The number of primary amides is 1. The summed E-state index contributed by atoms with van der Waals surface area (Å²) in [5.41, 5.74) is 6.02. The number of benzene rings is 1. The summed E-state index contributed by atoms with van der Waals surface area (Å²) in [6.45, 7) is 0. The molecule has 0 aliphatic carbocycles. The van der Waals surface area contributed by atoms with Gasteiger partial charge in [0.2, 0.25) is 5.82 Å². The molecule has 84 valence electrons. The summed E-state index contributed by atoms with van der Waals surface area (Å²) in [4.78, 5) is 11.9. The Kier molecular flexibility index (Phi) is 2.12. The molecule has 0 unspecified atom stereocenters. The average molecular weight is 245 g/mol. The lowest BCUT2D eigenvalue weighted by atomic mass is 10.1. The second-order valence-electron chi connectivity index (χ2n) is 3.40. The standard InChI is InChI=1S/C10H7N5OS/c11-9(16)8-7(10-12-14-15-13-10)5-3-1-2-4-6(5)17-8/h1-4H,(H2,11,16)(H,12,13,14,15). The second-order valence-corrected chi connectivity index (χ2v) is 4.45. The lowest BCUT2D eigenvalue weighted by Gasteiger charge is -1.95. The van der Waals surface area contributed by atoms with Crippen LogP contribution in [-0.2, 0) is 0 Å². The third-order valence-electron chi connectivity index (χ3n) is 2.39. The SMILES string of the molecule is NC(=O)c1sc2ccccc2c1-c1nn[nH]n1. The lowest BCUT2D eigenvalue weighted by molar-refractivity contribution is 0.100. The Bertz CT molecular complexity index is 688. The highest BCUT2D eigenvalue weighted by molar-refractivity contribution is 7.21. The molecule has 0 atom stereocenters. The van der Waals surface area contributed by atoms with Crippen LogP contribution in [0.4, 0.5) is 0 Å². The average Bonchev–Trinajstić information content (AvgIpc) is 2.94.